The molecule has 3 heteroatoms. The summed E-state index contributed by atoms with van der Waals surface area (Å²) in [5.41, 5.74) is 2.42. The van der Waals surface area contributed by atoms with E-state index in [1.54, 1.807) is 12.4 Å². The fourth-order valence-corrected chi connectivity index (χ4v) is 3.08. The number of rotatable bonds is 8. The zero-order chi connectivity index (χ0) is 18.2. The zero-order valence-corrected chi connectivity index (χ0v) is 14.5. The van der Waals surface area contributed by atoms with Crippen LogP contribution in [0.1, 0.15) is 39.1 Å². The average Bonchev–Trinajstić information content (AvgIpc) is 2.70. The summed E-state index contributed by atoms with van der Waals surface area (Å²) in [5.74, 6) is 0.0836. The van der Waals surface area contributed by atoms with E-state index in [1.165, 1.54) is 0 Å². The minimum atomic E-state index is -0.0559. The maximum atomic E-state index is 12.6. The van der Waals surface area contributed by atoms with Crippen molar-refractivity contribution in [2.24, 2.45) is 5.92 Å². The summed E-state index contributed by atoms with van der Waals surface area (Å²) in [6.45, 7) is 0. The van der Waals surface area contributed by atoms with Crippen molar-refractivity contribution in [3.63, 3.8) is 0 Å². The molecule has 0 saturated carbocycles. The first-order valence-electron chi connectivity index (χ1n) is 8.78. The van der Waals surface area contributed by atoms with Gasteiger partial charge in [0.15, 0.2) is 11.6 Å². The molecular weight excluding hydrogens is 322 g/mol. The summed E-state index contributed by atoms with van der Waals surface area (Å²) in [4.78, 5) is 29.4. The second-order valence-corrected chi connectivity index (χ2v) is 6.42. The predicted octanol–water partition coefficient (Wildman–Crippen LogP) is 4.79. The zero-order valence-electron chi connectivity index (χ0n) is 14.5. The monoisotopic (exact) mass is 343 g/mol. The standard InChI is InChI=1S/C23H21NO2/c25-22(20-9-3-1-4-10-20)15-19(14-18-8-7-13-24-17-18)16-23(26)21-11-5-2-6-12-21/h1-13,17,19H,14-16H2. The van der Waals surface area contributed by atoms with E-state index in [1.807, 2.05) is 72.8 Å². The van der Waals surface area contributed by atoms with Gasteiger partial charge in [0.1, 0.15) is 0 Å². The minimum Gasteiger partial charge on any atom is -0.294 e. The Hall–Kier alpha value is -3.07. The molecule has 2 aromatic carbocycles. The number of pyridine rings is 1. The Bertz CT molecular complexity index is 792. The second kappa shape index (κ2) is 8.86. The highest BCUT2D eigenvalue weighted by atomic mass is 16.1. The first-order chi connectivity index (χ1) is 12.7. The van der Waals surface area contributed by atoms with Gasteiger partial charge in [0.2, 0.25) is 0 Å². The van der Waals surface area contributed by atoms with Gasteiger partial charge in [0.05, 0.1) is 0 Å². The molecule has 1 aromatic heterocycles. The van der Waals surface area contributed by atoms with Crippen molar-refractivity contribution >= 4 is 11.6 Å². The molecule has 0 fully saturated rings. The average molecular weight is 343 g/mol. The molecular formula is C23H21NO2. The van der Waals surface area contributed by atoms with Gasteiger partial charge in [-0.15, -0.1) is 0 Å². The number of ketones is 2. The van der Waals surface area contributed by atoms with E-state index in [2.05, 4.69) is 4.98 Å². The van der Waals surface area contributed by atoms with Gasteiger partial charge in [0, 0.05) is 36.4 Å². The van der Waals surface area contributed by atoms with Crippen LogP contribution in [0.3, 0.4) is 0 Å². The van der Waals surface area contributed by atoms with Gasteiger partial charge in [-0.3, -0.25) is 14.6 Å². The third-order valence-electron chi connectivity index (χ3n) is 4.39. The number of hydrogen-bond donors (Lipinski definition) is 0. The predicted molar refractivity (Wildman–Crippen MR) is 102 cm³/mol. The summed E-state index contributed by atoms with van der Waals surface area (Å²) in [6, 6.07) is 22.4. The Kier molecular flexibility index (Phi) is 6.05. The maximum Gasteiger partial charge on any atom is 0.163 e. The SMILES string of the molecule is O=C(CC(CC(=O)c1ccccc1)Cc1cccnc1)c1ccccc1. The highest BCUT2D eigenvalue weighted by Gasteiger charge is 2.20. The van der Waals surface area contributed by atoms with E-state index in [9.17, 15) is 9.59 Å². The van der Waals surface area contributed by atoms with Crippen LogP contribution in [-0.4, -0.2) is 16.6 Å². The lowest BCUT2D eigenvalue weighted by molar-refractivity contribution is 0.0921. The maximum absolute atomic E-state index is 12.6. The number of nitrogens with zero attached hydrogens (tertiary/aromatic N) is 1. The van der Waals surface area contributed by atoms with E-state index < -0.39 is 0 Å². The second-order valence-electron chi connectivity index (χ2n) is 6.42. The Morgan fingerprint density at radius 1 is 0.731 bits per heavy atom. The summed E-state index contributed by atoms with van der Waals surface area (Å²) < 4.78 is 0. The van der Waals surface area contributed by atoms with Gasteiger partial charge in [-0.05, 0) is 24.0 Å². The van der Waals surface area contributed by atoms with Gasteiger partial charge >= 0.3 is 0 Å². The van der Waals surface area contributed by atoms with E-state index in [0.29, 0.717) is 30.4 Å². The lowest BCUT2D eigenvalue weighted by Gasteiger charge is -2.16. The lowest BCUT2D eigenvalue weighted by Crippen LogP contribution is -2.16. The molecule has 0 amide bonds. The van der Waals surface area contributed by atoms with E-state index in [-0.39, 0.29) is 17.5 Å². The molecule has 3 aromatic rings. The first-order valence-corrected chi connectivity index (χ1v) is 8.78. The Labute approximate surface area is 153 Å². The van der Waals surface area contributed by atoms with Crippen LogP contribution in [0.15, 0.2) is 85.2 Å². The number of hydrogen-bond acceptors (Lipinski definition) is 3. The van der Waals surface area contributed by atoms with Crippen molar-refractivity contribution in [3.05, 3.63) is 102 Å². The van der Waals surface area contributed by atoms with Crippen LogP contribution in [0, 0.1) is 5.92 Å². The molecule has 26 heavy (non-hydrogen) atoms. The van der Waals surface area contributed by atoms with Gasteiger partial charge in [0.25, 0.3) is 0 Å². The van der Waals surface area contributed by atoms with Crippen LogP contribution >= 0.6 is 0 Å². The van der Waals surface area contributed by atoms with Crippen molar-refractivity contribution in [2.75, 3.05) is 0 Å². The van der Waals surface area contributed by atoms with Crippen molar-refractivity contribution < 1.29 is 9.59 Å². The third-order valence-corrected chi connectivity index (χ3v) is 4.39. The molecule has 0 bridgehead atoms. The number of benzene rings is 2. The lowest BCUT2D eigenvalue weighted by atomic mass is 9.87. The molecule has 0 aliphatic rings. The van der Waals surface area contributed by atoms with Gasteiger partial charge in [-0.2, -0.15) is 0 Å². The Morgan fingerprint density at radius 3 is 1.73 bits per heavy atom. The first kappa shape index (κ1) is 17.7. The molecule has 130 valence electrons. The fourth-order valence-electron chi connectivity index (χ4n) is 3.08. The van der Waals surface area contributed by atoms with Crippen molar-refractivity contribution in [3.8, 4) is 0 Å². The molecule has 0 unspecified atom stereocenters. The molecule has 0 radical (unpaired) electrons. The number of Topliss-reactive ketones (excluding diaryl/α,β-unsaturated/α-hetero) is 2. The van der Waals surface area contributed by atoms with E-state index in [0.717, 1.165) is 5.56 Å². The van der Waals surface area contributed by atoms with E-state index >= 15 is 0 Å². The van der Waals surface area contributed by atoms with Gasteiger partial charge in [-0.1, -0.05) is 66.7 Å². The molecule has 3 rings (SSSR count). The van der Waals surface area contributed by atoms with Crippen molar-refractivity contribution in [2.45, 2.75) is 19.3 Å². The molecule has 3 nitrogen and oxygen atoms in total. The highest BCUT2D eigenvalue weighted by Crippen LogP contribution is 2.21. The van der Waals surface area contributed by atoms with Crippen LogP contribution in [0.25, 0.3) is 0 Å². The van der Waals surface area contributed by atoms with Crippen LogP contribution in [0.2, 0.25) is 0 Å². The molecule has 0 N–H and O–H groups in total. The van der Waals surface area contributed by atoms with Gasteiger partial charge < -0.3 is 0 Å². The van der Waals surface area contributed by atoms with Crippen LogP contribution in [0.5, 0.6) is 0 Å². The largest absolute Gasteiger partial charge is 0.294 e. The summed E-state index contributed by atoms with van der Waals surface area (Å²) >= 11 is 0. The van der Waals surface area contributed by atoms with E-state index in [4.69, 9.17) is 0 Å². The van der Waals surface area contributed by atoms with Crippen LogP contribution in [-0.2, 0) is 6.42 Å². The minimum absolute atomic E-state index is 0.0559. The molecule has 1 heterocycles. The van der Waals surface area contributed by atoms with Crippen molar-refractivity contribution in [1.29, 1.82) is 0 Å². The highest BCUT2D eigenvalue weighted by molar-refractivity contribution is 5.98. The summed E-state index contributed by atoms with van der Waals surface area (Å²) in [7, 11) is 0. The molecule has 0 aliphatic carbocycles. The van der Waals surface area contributed by atoms with Crippen molar-refractivity contribution in [1.82, 2.24) is 4.98 Å². The Morgan fingerprint density at radius 2 is 1.27 bits per heavy atom. The topological polar surface area (TPSA) is 47.0 Å². The van der Waals surface area contributed by atoms with Crippen LogP contribution in [0.4, 0.5) is 0 Å². The van der Waals surface area contributed by atoms with Gasteiger partial charge in [-0.25, -0.2) is 0 Å². The molecule has 0 saturated heterocycles. The molecule has 0 spiro atoms. The fraction of sp³-hybridized carbons (Fsp3) is 0.174. The van der Waals surface area contributed by atoms with Crippen LogP contribution < -0.4 is 0 Å². The number of aromatic nitrogens is 1. The quantitative estimate of drug-likeness (QED) is 0.553. The summed E-state index contributed by atoms with van der Waals surface area (Å²) in [6.07, 6.45) is 4.87. The third kappa shape index (κ3) is 4.96. The molecule has 0 aliphatic heterocycles. The number of carbonyl (C=O) groups is 2. The number of carbonyl (C=O) groups excluding carboxylic acids is 2. The summed E-state index contributed by atoms with van der Waals surface area (Å²) in [5, 5.41) is 0. The Balaban J connectivity index is 1.75. The molecule has 0 atom stereocenters. The normalized spacial score (nSPS) is 10.7. The smallest absolute Gasteiger partial charge is 0.163 e.